The molecule has 1 aromatic heterocycles. The molecule has 0 aliphatic rings. The van der Waals surface area contributed by atoms with Crippen molar-refractivity contribution in [3.8, 4) is 0 Å². The molecule has 0 bridgehead atoms. The van der Waals surface area contributed by atoms with Crippen molar-refractivity contribution < 1.29 is 9.73 Å². The zero-order chi connectivity index (χ0) is 17.5. The van der Waals surface area contributed by atoms with E-state index in [2.05, 4.69) is 60.8 Å². The molecule has 2 atom stereocenters. The lowest BCUT2D eigenvalue weighted by Gasteiger charge is -2.16. The van der Waals surface area contributed by atoms with Gasteiger partial charge in [0.15, 0.2) is 0 Å². The molecule has 130 valence electrons. The van der Waals surface area contributed by atoms with E-state index < -0.39 is 0 Å². The van der Waals surface area contributed by atoms with Gasteiger partial charge in [-0.3, -0.25) is 0 Å². The molecule has 1 heterocycles. The summed E-state index contributed by atoms with van der Waals surface area (Å²) in [7, 11) is 0. The molecule has 25 heavy (non-hydrogen) atoms. The second-order valence-corrected chi connectivity index (χ2v) is 6.99. The lowest BCUT2D eigenvalue weighted by Crippen LogP contribution is -2.84. The van der Waals surface area contributed by atoms with E-state index in [1.807, 2.05) is 18.2 Å². The third-order valence-corrected chi connectivity index (χ3v) is 4.95. The van der Waals surface area contributed by atoms with E-state index in [9.17, 15) is 0 Å². The Bertz CT molecular complexity index is 737. The first-order valence-corrected chi connectivity index (χ1v) is 9.26. The standard InChI is InChI=1S/C22H24ClNO/c1-17(19-9-11-21(23)12-10-19)24-14-13-20(22-8-5-15-25-22)16-18-6-3-2-4-7-18/h2-12,15,17,20,24H,13-14,16H2,1H3/p+1/t17-,20-/m1/s1. The molecule has 0 amide bonds. The quantitative estimate of drug-likeness (QED) is 0.607. The summed E-state index contributed by atoms with van der Waals surface area (Å²) in [5.74, 6) is 1.49. The van der Waals surface area contributed by atoms with Crippen LogP contribution in [0.25, 0.3) is 0 Å². The topological polar surface area (TPSA) is 29.8 Å². The van der Waals surface area contributed by atoms with Gasteiger partial charge in [0.1, 0.15) is 11.8 Å². The van der Waals surface area contributed by atoms with Gasteiger partial charge >= 0.3 is 0 Å². The summed E-state index contributed by atoms with van der Waals surface area (Å²) in [4.78, 5) is 0. The Morgan fingerprint density at radius 3 is 2.40 bits per heavy atom. The predicted octanol–water partition coefficient (Wildman–Crippen LogP) is 4.97. The molecule has 0 aliphatic heterocycles. The third-order valence-electron chi connectivity index (χ3n) is 4.70. The van der Waals surface area contributed by atoms with E-state index in [0.717, 1.165) is 30.2 Å². The second-order valence-electron chi connectivity index (χ2n) is 6.56. The summed E-state index contributed by atoms with van der Waals surface area (Å²) in [6.07, 6.45) is 3.87. The van der Waals surface area contributed by atoms with Gasteiger partial charge in [-0.05, 0) is 43.2 Å². The normalized spacial score (nSPS) is 13.5. The van der Waals surface area contributed by atoms with Crippen LogP contribution in [-0.2, 0) is 6.42 Å². The van der Waals surface area contributed by atoms with Crippen LogP contribution in [0.4, 0.5) is 0 Å². The average Bonchev–Trinajstić information content (AvgIpc) is 3.17. The minimum absolute atomic E-state index is 0.408. The lowest BCUT2D eigenvalue weighted by molar-refractivity contribution is -0.693. The molecule has 2 N–H and O–H groups in total. The molecule has 0 saturated heterocycles. The van der Waals surface area contributed by atoms with Crippen LogP contribution in [0.3, 0.4) is 0 Å². The maximum absolute atomic E-state index is 5.98. The van der Waals surface area contributed by atoms with Gasteiger partial charge in [0.2, 0.25) is 0 Å². The first-order valence-electron chi connectivity index (χ1n) is 8.88. The summed E-state index contributed by atoms with van der Waals surface area (Å²) in [6, 6.07) is 23.3. The number of furan rings is 1. The van der Waals surface area contributed by atoms with Crippen LogP contribution >= 0.6 is 11.6 Å². The van der Waals surface area contributed by atoms with Crippen LogP contribution in [-0.4, -0.2) is 6.54 Å². The van der Waals surface area contributed by atoms with Crippen molar-refractivity contribution in [1.82, 2.24) is 0 Å². The van der Waals surface area contributed by atoms with Crippen molar-refractivity contribution in [3.63, 3.8) is 0 Å². The zero-order valence-electron chi connectivity index (χ0n) is 14.6. The summed E-state index contributed by atoms with van der Waals surface area (Å²) in [5, 5.41) is 3.18. The third kappa shape index (κ3) is 5.22. The van der Waals surface area contributed by atoms with Gasteiger partial charge in [0.25, 0.3) is 0 Å². The molecule has 0 spiro atoms. The lowest BCUT2D eigenvalue weighted by atomic mass is 9.93. The Hall–Kier alpha value is -2.03. The van der Waals surface area contributed by atoms with Crippen molar-refractivity contribution in [2.75, 3.05) is 6.54 Å². The van der Waals surface area contributed by atoms with Crippen molar-refractivity contribution in [2.24, 2.45) is 0 Å². The Morgan fingerprint density at radius 2 is 1.72 bits per heavy atom. The molecule has 0 unspecified atom stereocenters. The van der Waals surface area contributed by atoms with Gasteiger partial charge in [-0.25, -0.2) is 0 Å². The molecular formula is C22H25ClNO+. The average molecular weight is 355 g/mol. The summed E-state index contributed by atoms with van der Waals surface area (Å²) in [5.41, 5.74) is 2.66. The molecule has 0 fully saturated rings. The van der Waals surface area contributed by atoms with Crippen LogP contribution in [0.5, 0.6) is 0 Å². The van der Waals surface area contributed by atoms with E-state index in [1.165, 1.54) is 11.1 Å². The van der Waals surface area contributed by atoms with Crippen LogP contribution in [0.2, 0.25) is 5.02 Å². The highest BCUT2D eigenvalue weighted by atomic mass is 35.5. The number of rotatable bonds is 8. The summed E-state index contributed by atoms with van der Waals surface area (Å²) >= 11 is 5.98. The summed E-state index contributed by atoms with van der Waals surface area (Å²) < 4.78 is 5.69. The molecular weight excluding hydrogens is 330 g/mol. The molecule has 3 aromatic rings. The number of nitrogens with two attached hydrogens (primary N) is 1. The molecule has 0 aliphatic carbocycles. The molecule has 2 nitrogen and oxygen atoms in total. The highest BCUT2D eigenvalue weighted by molar-refractivity contribution is 6.30. The number of halogens is 1. The van der Waals surface area contributed by atoms with Crippen molar-refractivity contribution in [2.45, 2.75) is 31.7 Å². The van der Waals surface area contributed by atoms with Gasteiger partial charge in [0.05, 0.1) is 12.8 Å². The number of benzene rings is 2. The molecule has 2 aromatic carbocycles. The minimum Gasteiger partial charge on any atom is -0.469 e. The number of quaternary nitrogens is 1. The van der Waals surface area contributed by atoms with Crippen LogP contribution in [0.1, 0.15) is 42.2 Å². The smallest absolute Gasteiger partial charge is 0.109 e. The van der Waals surface area contributed by atoms with Gasteiger partial charge in [0, 0.05) is 22.9 Å². The Kier molecular flexibility index (Phi) is 6.32. The number of hydrogen-bond acceptors (Lipinski definition) is 1. The zero-order valence-corrected chi connectivity index (χ0v) is 15.3. The largest absolute Gasteiger partial charge is 0.469 e. The van der Waals surface area contributed by atoms with Gasteiger partial charge in [-0.15, -0.1) is 0 Å². The van der Waals surface area contributed by atoms with Gasteiger partial charge in [-0.1, -0.05) is 54.1 Å². The molecule has 0 radical (unpaired) electrons. The highest BCUT2D eigenvalue weighted by Crippen LogP contribution is 2.24. The fourth-order valence-electron chi connectivity index (χ4n) is 3.22. The van der Waals surface area contributed by atoms with Crippen molar-refractivity contribution in [1.29, 1.82) is 0 Å². The van der Waals surface area contributed by atoms with Gasteiger partial charge < -0.3 is 9.73 Å². The van der Waals surface area contributed by atoms with Crippen LogP contribution in [0, 0.1) is 0 Å². The SMILES string of the molecule is C[C@@H]([NH2+]CC[C@H](Cc1ccccc1)c1ccco1)c1ccc(Cl)cc1. The van der Waals surface area contributed by atoms with E-state index in [1.54, 1.807) is 6.26 Å². The van der Waals surface area contributed by atoms with Crippen molar-refractivity contribution in [3.05, 3.63) is 94.9 Å². The summed E-state index contributed by atoms with van der Waals surface area (Å²) in [6.45, 7) is 3.30. The van der Waals surface area contributed by atoms with E-state index in [-0.39, 0.29) is 0 Å². The molecule has 3 heteroatoms. The van der Waals surface area contributed by atoms with Gasteiger partial charge in [-0.2, -0.15) is 0 Å². The molecule has 3 rings (SSSR count). The Balaban J connectivity index is 1.58. The predicted molar refractivity (Wildman–Crippen MR) is 103 cm³/mol. The minimum atomic E-state index is 0.408. The monoisotopic (exact) mass is 354 g/mol. The fourth-order valence-corrected chi connectivity index (χ4v) is 3.34. The fraction of sp³-hybridized carbons (Fsp3) is 0.273. The maximum atomic E-state index is 5.98. The Morgan fingerprint density at radius 1 is 0.960 bits per heavy atom. The van der Waals surface area contributed by atoms with E-state index in [0.29, 0.717) is 12.0 Å². The van der Waals surface area contributed by atoms with E-state index in [4.69, 9.17) is 16.0 Å². The van der Waals surface area contributed by atoms with Crippen molar-refractivity contribution >= 4 is 11.6 Å². The first-order chi connectivity index (χ1) is 12.2. The highest BCUT2D eigenvalue weighted by Gasteiger charge is 2.17. The Labute approximate surface area is 154 Å². The molecule has 0 saturated carbocycles. The first kappa shape index (κ1) is 17.8. The number of hydrogen-bond donors (Lipinski definition) is 1. The van der Waals surface area contributed by atoms with Crippen LogP contribution < -0.4 is 5.32 Å². The van der Waals surface area contributed by atoms with Crippen LogP contribution in [0.15, 0.2) is 77.4 Å². The second kappa shape index (κ2) is 8.89. The van der Waals surface area contributed by atoms with E-state index >= 15 is 0 Å². The maximum Gasteiger partial charge on any atom is 0.109 e.